The third-order valence-electron chi connectivity index (χ3n) is 15.1. The van der Waals surface area contributed by atoms with Crippen LogP contribution in [0.15, 0.2) is 42.0 Å². The molecule has 6 heteroatoms. The Morgan fingerprint density at radius 2 is 1.72 bits per heavy atom. The number of allylic oxidation sites excluding steroid dienone is 1. The SMILES string of the molecule is CO[C@@H]1C[C@@]23COC[C@](C)([C@@H]2CC[C@H]2C3=CC[C@@]3(C)[C@H](C(=O)OCc4ccccc4)[C@@](C)([C@H](C)C(C)C)CC[C@]23C)[C@H]1OCC(C)N. The number of carbonyl (C=O) groups excluding carboxylic acids is 1. The number of benzene rings is 1. The van der Waals surface area contributed by atoms with Crippen molar-refractivity contribution in [2.45, 2.75) is 119 Å². The smallest absolute Gasteiger partial charge is 0.310 e. The second-order valence-electron chi connectivity index (χ2n) is 17.8. The van der Waals surface area contributed by atoms with Gasteiger partial charge < -0.3 is 24.7 Å². The van der Waals surface area contributed by atoms with Crippen LogP contribution in [0.5, 0.6) is 0 Å². The minimum Gasteiger partial charge on any atom is -0.461 e. The van der Waals surface area contributed by atoms with Gasteiger partial charge in [0.15, 0.2) is 0 Å². The van der Waals surface area contributed by atoms with Crippen molar-refractivity contribution in [2.75, 3.05) is 26.9 Å². The molecule has 5 aliphatic rings. The van der Waals surface area contributed by atoms with E-state index in [-0.39, 0.29) is 57.2 Å². The summed E-state index contributed by atoms with van der Waals surface area (Å²) in [6.07, 6.45) is 8.76. The number of fused-ring (bicyclic) bond motifs is 3. The predicted molar refractivity (Wildman–Crippen MR) is 186 cm³/mol. The summed E-state index contributed by atoms with van der Waals surface area (Å²) in [5, 5.41) is 0. The van der Waals surface area contributed by atoms with Crippen molar-refractivity contribution in [2.24, 2.45) is 62.4 Å². The zero-order valence-corrected chi connectivity index (χ0v) is 30.8. The molecule has 6 nitrogen and oxygen atoms in total. The lowest BCUT2D eigenvalue weighted by molar-refractivity contribution is -0.267. The van der Waals surface area contributed by atoms with Crippen molar-refractivity contribution in [3.8, 4) is 0 Å². The van der Waals surface area contributed by atoms with Gasteiger partial charge in [-0.15, -0.1) is 0 Å². The summed E-state index contributed by atoms with van der Waals surface area (Å²) in [6, 6.07) is 10.1. The van der Waals surface area contributed by atoms with Crippen LogP contribution in [0.3, 0.4) is 0 Å². The van der Waals surface area contributed by atoms with E-state index in [1.54, 1.807) is 5.57 Å². The van der Waals surface area contributed by atoms with E-state index in [0.29, 0.717) is 43.5 Å². The molecule has 3 saturated carbocycles. The van der Waals surface area contributed by atoms with Gasteiger partial charge in [-0.3, -0.25) is 4.79 Å². The van der Waals surface area contributed by atoms with Crippen molar-refractivity contribution in [3.63, 3.8) is 0 Å². The van der Waals surface area contributed by atoms with Crippen LogP contribution in [-0.2, 0) is 30.3 Å². The van der Waals surface area contributed by atoms with Gasteiger partial charge in [-0.1, -0.05) is 90.4 Å². The highest BCUT2D eigenvalue weighted by molar-refractivity contribution is 5.75. The van der Waals surface area contributed by atoms with E-state index in [9.17, 15) is 4.79 Å². The molecule has 262 valence electrons. The van der Waals surface area contributed by atoms with E-state index < -0.39 is 0 Å². The average molecular weight is 650 g/mol. The van der Waals surface area contributed by atoms with Gasteiger partial charge in [0, 0.05) is 24.0 Å². The quantitative estimate of drug-likeness (QED) is 0.216. The van der Waals surface area contributed by atoms with Crippen molar-refractivity contribution >= 4 is 5.97 Å². The maximum absolute atomic E-state index is 14.6. The highest BCUT2D eigenvalue weighted by Crippen LogP contribution is 2.75. The summed E-state index contributed by atoms with van der Waals surface area (Å²) in [7, 11) is 1.85. The molecular weight excluding hydrogens is 586 g/mol. The number of hydrogen-bond donors (Lipinski definition) is 1. The molecule has 1 aliphatic heterocycles. The number of esters is 1. The van der Waals surface area contributed by atoms with Crippen LogP contribution >= 0.6 is 0 Å². The average Bonchev–Trinajstić information content (AvgIpc) is 3.03. The molecule has 0 aromatic heterocycles. The second-order valence-corrected chi connectivity index (χ2v) is 17.8. The second kappa shape index (κ2) is 12.5. The fourth-order valence-electron chi connectivity index (χ4n) is 12.1. The van der Waals surface area contributed by atoms with Crippen LogP contribution in [0.1, 0.15) is 99.5 Å². The zero-order chi connectivity index (χ0) is 34.0. The van der Waals surface area contributed by atoms with Crippen LogP contribution in [0, 0.1) is 56.7 Å². The van der Waals surface area contributed by atoms with Crippen LogP contribution in [0.4, 0.5) is 0 Å². The third kappa shape index (κ3) is 5.29. The molecule has 0 amide bonds. The molecule has 1 unspecified atom stereocenters. The molecule has 1 saturated heterocycles. The van der Waals surface area contributed by atoms with Gasteiger partial charge in [0.05, 0.1) is 37.9 Å². The Labute approximate surface area is 284 Å². The maximum Gasteiger partial charge on any atom is 0.310 e. The van der Waals surface area contributed by atoms with Gasteiger partial charge in [-0.05, 0) is 90.9 Å². The van der Waals surface area contributed by atoms with Gasteiger partial charge in [0.2, 0.25) is 0 Å². The minimum absolute atomic E-state index is 0.0121. The number of rotatable bonds is 9. The van der Waals surface area contributed by atoms with E-state index in [2.05, 4.69) is 54.5 Å². The third-order valence-corrected chi connectivity index (χ3v) is 15.1. The zero-order valence-electron chi connectivity index (χ0n) is 30.8. The largest absolute Gasteiger partial charge is 0.461 e. The summed E-state index contributed by atoms with van der Waals surface area (Å²) in [5.41, 5.74) is 8.15. The lowest BCUT2D eigenvalue weighted by atomic mass is 9.34. The van der Waals surface area contributed by atoms with Gasteiger partial charge >= 0.3 is 5.97 Å². The standard InChI is InChI=1S/C41H63NO5/c1-26(2)28(4)37(5)19-20-39(7)30-15-16-33-38(6)24-45-25-41(33,21-32(44-9)35(38)46-22-27(3)42)31(30)17-18-40(39,8)34(37)36(43)47-23-29-13-11-10-12-14-29/h10-14,17,26-28,30,32-35H,15-16,18-25,42H2,1-9H3/t27?,28-,30+,32-,33+,34-,35+,37-,38-,39-,40+,41+/m1/s1. The molecule has 12 atom stereocenters. The number of carbonyl (C=O) groups is 1. The van der Waals surface area contributed by atoms with Crippen molar-refractivity contribution in [1.82, 2.24) is 0 Å². The van der Waals surface area contributed by atoms with Crippen molar-refractivity contribution < 1.29 is 23.7 Å². The molecule has 2 bridgehead atoms. The molecule has 1 aromatic rings. The molecule has 47 heavy (non-hydrogen) atoms. The summed E-state index contributed by atoms with van der Waals surface area (Å²) in [5.74, 6) is 1.52. The first-order valence-electron chi connectivity index (χ1n) is 18.6. The molecule has 4 aliphatic carbocycles. The lowest BCUT2D eigenvalue weighted by Crippen LogP contribution is -2.70. The van der Waals surface area contributed by atoms with Crippen LogP contribution < -0.4 is 5.73 Å². The number of ether oxygens (including phenoxy) is 4. The van der Waals surface area contributed by atoms with Crippen LogP contribution in [0.2, 0.25) is 0 Å². The monoisotopic (exact) mass is 649 g/mol. The van der Waals surface area contributed by atoms with Gasteiger partial charge in [-0.25, -0.2) is 0 Å². The molecule has 6 rings (SSSR count). The minimum atomic E-state index is -0.231. The number of hydrogen-bond acceptors (Lipinski definition) is 6. The van der Waals surface area contributed by atoms with Gasteiger partial charge in [0.1, 0.15) is 6.61 Å². The Morgan fingerprint density at radius 1 is 1.00 bits per heavy atom. The van der Waals surface area contributed by atoms with Gasteiger partial charge in [0.25, 0.3) is 0 Å². The normalized spacial score (nSPS) is 44.0. The molecule has 1 heterocycles. The van der Waals surface area contributed by atoms with E-state index in [1.807, 2.05) is 44.4 Å². The molecule has 2 N–H and O–H groups in total. The fourth-order valence-corrected chi connectivity index (χ4v) is 12.1. The Morgan fingerprint density at radius 3 is 2.38 bits per heavy atom. The van der Waals surface area contributed by atoms with Gasteiger partial charge in [-0.2, -0.15) is 0 Å². The highest BCUT2D eigenvalue weighted by Gasteiger charge is 2.72. The molecule has 0 spiro atoms. The Balaban J connectivity index is 1.40. The van der Waals surface area contributed by atoms with Crippen LogP contribution in [-0.4, -0.2) is 51.1 Å². The topological polar surface area (TPSA) is 80.0 Å². The maximum atomic E-state index is 14.6. The molecule has 4 fully saturated rings. The summed E-state index contributed by atoms with van der Waals surface area (Å²) >= 11 is 0. The van der Waals surface area contributed by atoms with Crippen molar-refractivity contribution in [1.29, 1.82) is 0 Å². The van der Waals surface area contributed by atoms with Crippen LogP contribution in [0.25, 0.3) is 0 Å². The number of nitrogens with two attached hydrogens (primary N) is 1. The molecule has 0 radical (unpaired) electrons. The summed E-state index contributed by atoms with van der Waals surface area (Å²) in [4.78, 5) is 14.6. The molecule has 1 aromatic carbocycles. The molecular formula is C41H63NO5. The Kier molecular flexibility index (Phi) is 9.37. The Hall–Kier alpha value is -1.73. The first-order chi connectivity index (χ1) is 22.2. The predicted octanol–water partition coefficient (Wildman–Crippen LogP) is 7.98. The van der Waals surface area contributed by atoms with Crippen molar-refractivity contribution in [3.05, 3.63) is 47.5 Å². The Bertz CT molecular complexity index is 1330. The van der Waals surface area contributed by atoms with E-state index in [1.165, 1.54) is 0 Å². The highest BCUT2D eigenvalue weighted by atomic mass is 16.5. The summed E-state index contributed by atoms with van der Waals surface area (Å²) in [6.45, 7) is 21.1. The summed E-state index contributed by atoms with van der Waals surface area (Å²) < 4.78 is 25.8. The first-order valence-corrected chi connectivity index (χ1v) is 18.6. The van der Waals surface area contributed by atoms with E-state index in [4.69, 9.17) is 24.7 Å². The van der Waals surface area contributed by atoms with E-state index >= 15 is 0 Å². The lowest BCUT2D eigenvalue weighted by Gasteiger charge is -2.71. The number of methoxy groups -OCH3 is 1. The first kappa shape index (κ1) is 35.1. The fraction of sp³-hybridized carbons (Fsp3) is 0.780. The van der Waals surface area contributed by atoms with E-state index in [0.717, 1.165) is 50.7 Å².